The molecular weight excluding hydrogens is 126 g/mol. The Hall–Kier alpha value is 0.177. The molecule has 0 heterocycles. The Morgan fingerprint density at radius 1 is 1.22 bits per heavy atom. The standard InChI is InChI=1S/C7H19NSi/c1-5-8-6-7-9(2,3)4/h8H,5-7H2,1-4H3. The molecule has 0 rings (SSSR count). The van der Waals surface area contributed by atoms with Gasteiger partial charge in [0.25, 0.3) is 0 Å². The molecule has 0 aliphatic carbocycles. The van der Waals surface area contributed by atoms with Gasteiger partial charge >= 0.3 is 0 Å². The van der Waals surface area contributed by atoms with E-state index in [1.165, 1.54) is 12.6 Å². The molecule has 0 atom stereocenters. The molecule has 0 saturated carbocycles. The molecule has 0 aliphatic rings. The maximum Gasteiger partial charge on any atom is 0.0455 e. The average Bonchev–Trinajstić information content (AvgIpc) is 1.63. The van der Waals surface area contributed by atoms with Gasteiger partial charge in [0.2, 0.25) is 0 Å². The first kappa shape index (κ1) is 9.18. The van der Waals surface area contributed by atoms with Crippen LogP contribution in [0.2, 0.25) is 25.7 Å². The van der Waals surface area contributed by atoms with Crippen molar-refractivity contribution < 1.29 is 0 Å². The summed E-state index contributed by atoms with van der Waals surface area (Å²) in [5.74, 6) is 0. The van der Waals surface area contributed by atoms with Crippen molar-refractivity contribution in [2.24, 2.45) is 0 Å². The summed E-state index contributed by atoms with van der Waals surface area (Å²) in [5, 5.41) is 3.34. The fourth-order valence-corrected chi connectivity index (χ4v) is 1.57. The molecular formula is C7H19NSi. The third kappa shape index (κ3) is 8.18. The van der Waals surface area contributed by atoms with Crippen LogP contribution in [0, 0.1) is 0 Å². The molecule has 0 amide bonds. The lowest BCUT2D eigenvalue weighted by Gasteiger charge is -2.14. The molecule has 0 aromatic carbocycles. The molecule has 0 saturated heterocycles. The van der Waals surface area contributed by atoms with Gasteiger partial charge in [-0.2, -0.15) is 0 Å². The van der Waals surface area contributed by atoms with Crippen molar-refractivity contribution >= 4 is 8.07 Å². The van der Waals surface area contributed by atoms with Crippen LogP contribution in [-0.4, -0.2) is 21.2 Å². The lowest BCUT2D eigenvalue weighted by molar-refractivity contribution is 0.755. The molecule has 56 valence electrons. The highest BCUT2D eigenvalue weighted by atomic mass is 28.3. The van der Waals surface area contributed by atoms with Gasteiger partial charge < -0.3 is 5.32 Å². The van der Waals surface area contributed by atoms with E-state index < -0.39 is 8.07 Å². The maximum absolute atomic E-state index is 3.34. The topological polar surface area (TPSA) is 12.0 Å². The predicted octanol–water partition coefficient (Wildman–Crippen LogP) is 1.93. The summed E-state index contributed by atoms with van der Waals surface area (Å²) in [6.45, 7) is 11.7. The lowest BCUT2D eigenvalue weighted by atomic mass is 10.7. The van der Waals surface area contributed by atoms with Crippen LogP contribution in [-0.2, 0) is 0 Å². The van der Waals surface area contributed by atoms with Gasteiger partial charge in [0.1, 0.15) is 0 Å². The van der Waals surface area contributed by atoms with Gasteiger partial charge in [-0.1, -0.05) is 26.6 Å². The van der Waals surface area contributed by atoms with E-state index in [1.54, 1.807) is 0 Å². The average molecular weight is 145 g/mol. The van der Waals surface area contributed by atoms with Crippen LogP contribution >= 0.6 is 0 Å². The highest BCUT2D eigenvalue weighted by molar-refractivity contribution is 6.76. The van der Waals surface area contributed by atoms with E-state index in [-0.39, 0.29) is 0 Å². The SMILES string of the molecule is CCNCC[Si](C)(C)C. The molecule has 0 fully saturated rings. The van der Waals surface area contributed by atoms with Gasteiger partial charge in [-0.15, -0.1) is 0 Å². The first-order chi connectivity index (χ1) is 4.06. The van der Waals surface area contributed by atoms with Crippen molar-refractivity contribution in [3.05, 3.63) is 0 Å². The summed E-state index contributed by atoms with van der Waals surface area (Å²) in [7, 11) is -0.757. The van der Waals surface area contributed by atoms with Crippen molar-refractivity contribution in [3.63, 3.8) is 0 Å². The van der Waals surface area contributed by atoms with Crippen LogP contribution < -0.4 is 5.32 Å². The summed E-state index contributed by atoms with van der Waals surface area (Å²) < 4.78 is 0. The number of rotatable bonds is 4. The van der Waals surface area contributed by atoms with Gasteiger partial charge in [0, 0.05) is 8.07 Å². The zero-order chi connectivity index (χ0) is 7.33. The molecule has 0 aliphatic heterocycles. The Morgan fingerprint density at radius 2 is 1.78 bits per heavy atom. The predicted molar refractivity (Wildman–Crippen MR) is 46.7 cm³/mol. The molecule has 0 unspecified atom stereocenters. The molecule has 0 bridgehead atoms. The molecule has 1 N–H and O–H groups in total. The Balaban J connectivity index is 3.07. The minimum absolute atomic E-state index is 0.757. The fourth-order valence-electron chi connectivity index (χ4n) is 0.640. The first-order valence-electron chi connectivity index (χ1n) is 3.77. The highest BCUT2D eigenvalue weighted by Crippen LogP contribution is 2.05. The third-order valence-corrected chi connectivity index (χ3v) is 3.05. The van der Waals surface area contributed by atoms with E-state index in [2.05, 4.69) is 31.9 Å². The second-order valence-corrected chi connectivity index (χ2v) is 9.29. The van der Waals surface area contributed by atoms with Gasteiger partial charge in [-0.3, -0.25) is 0 Å². The van der Waals surface area contributed by atoms with Crippen LogP contribution in [0.15, 0.2) is 0 Å². The van der Waals surface area contributed by atoms with E-state index in [4.69, 9.17) is 0 Å². The number of nitrogens with one attached hydrogen (secondary N) is 1. The molecule has 1 nitrogen and oxygen atoms in total. The Kier molecular flexibility index (Phi) is 4.15. The minimum atomic E-state index is -0.757. The van der Waals surface area contributed by atoms with Crippen LogP contribution in [0.1, 0.15) is 6.92 Å². The third-order valence-electron chi connectivity index (χ3n) is 1.30. The normalized spacial score (nSPS) is 12.0. The summed E-state index contributed by atoms with van der Waals surface area (Å²) >= 11 is 0. The van der Waals surface area contributed by atoms with Gasteiger partial charge in [0.05, 0.1) is 0 Å². The summed E-state index contributed by atoms with van der Waals surface area (Å²) in [6.07, 6.45) is 0. The van der Waals surface area contributed by atoms with Crippen LogP contribution in [0.4, 0.5) is 0 Å². The molecule has 0 aromatic rings. The van der Waals surface area contributed by atoms with Gasteiger partial charge in [0.15, 0.2) is 0 Å². The zero-order valence-corrected chi connectivity index (χ0v) is 8.12. The molecule has 0 aromatic heterocycles. The van der Waals surface area contributed by atoms with E-state index in [1.807, 2.05) is 0 Å². The van der Waals surface area contributed by atoms with Crippen molar-refractivity contribution in [2.45, 2.75) is 32.6 Å². The largest absolute Gasteiger partial charge is 0.317 e. The first-order valence-corrected chi connectivity index (χ1v) is 7.47. The lowest BCUT2D eigenvalue weighted by Crippen LogP contribution is -2.26. The summed E-state index contributed by atoms with van der Waals surface area (Å²) in [6, 6.07) is 1.40. The Labute approximate surface area is 59.9 Å². The van der Waals surface area contributed by atoms with Crippen molar-refractivity contribution in [1.82, 2.24) is 5.32 Å². The van der Waals surface area contributed by atoms with Gasteiger partial charge in [-0.25, -0.2) is 0 Å². The second kappa shape index (κ2) is 4.07. The van der Waals surface area contributed by atoms with E-state index in [9.17, 15) is 0 Å². The minimum Gasteiger partial charge on any atom is -0.317 e. The van der Waals surface area contributed by atoms with Gasteiger partial charge in [-0.05, 0) is 19.1 Å². The molecule has 9 heavy (non-hydrogen) atoms. The van der Waals surface area contributed by atoms with Crippen molar-refractivity contribution in [2.75, 3.05) is 13.1 Å². The Bertz CT molecular complexity index is 65.8. The summed E-state index contributed by atoms with van der Waals surface area (Å²) in [5.41, 5.74) is 0. The van der Waals surface area contributed by atoms with Crippen LogP contribution in [0.25, 0.3) is 0 Å². The van der Waals surface area contributed by atoms with Crippen molar-refractivity contribution in [3.8, 4) is 0 Å². The highest BCUT2D eigenvalue weighted by Gasteiger charge is 2.10. The fraction of sp³-hybridized carbons (Fsp3) is 1.00. The zero-order valence-electron chi connectivity index (χ0n) is 7.12. The van der Waals surface area contributed by atoms with E-state index in [0.717, 1.165) is 6.54 Å². The molecule has 0 radical (unpaired) electrons. The maximum atomic E-state index is 3.34. The molecule has 2 heteroatoms. The monoisotopic (exact) mass is 145 g/mol. The molecule has 0 spiro atoms. The number of hydrogen-bond donors (Lipinski definition) is 1. The van der Waals surface area contributed by atoms with E-state index in [0.29, 0.717) is 0 Å². The quantitative estimate of drug-likeness (QED) is 0.471. The summed E-state index contributed by atoms with van der Waals surface area (Å²) in [4.78, 5) is 0. The smallest absolute Gasteiger partial charge is 0.0455 e. The number of hydrogen-bond acceptors (Lipinski definition) is 1. The van der Waals surface area contributed by atoms with E-state index >= 15 is 0 Å². The van der Waals surface area contributed by atoms with Crippen molar-refractivity contribution in [1.29, 1.82) is 0 Å². The second-order valence-electron chi connectivity index (χ2n) is 3.66. The Morgan fingerprint density at radius 3 is 2.11 bits per heavy atom. The van der Waals surface area contributed by atoms with Crippen LogP contribution in [0.5, 0.6) is 0 Å². The van der Waals surface area contributed by atoms with Crippen LogP contribution in [0.3, 0.4) is 0 Å².